The van der Waals surface area contributed by atoms with Crippen LogP contribution in [0.2, 0.25) is 0 Å². The Kier molecular flexibility index (Phi) is 4.05. The summed E-state index contributed by atoms with van der Waals surface area (Å²) in [5, 5.41) is 0. The molecule has 0 unspecified atom stereocenters. The summed E-state index contributed by atoms with van der Waals surface area (Å²) in [6.07, 6.45) is 0. The van der Waals surface area contributed by atoms with Gasteiger partial charge in [-0.2, -0.15) is 8.78 Å². The van der Waals surface area contributed by atoms with Crippen molar-refractivity contribution in [3.63, 3.8) is 0 Å². The summed E-state index contributed by atoms with van der Waals surface area (Å²) in [6.45, 7) is -0.367. The molecule has 0 saturated heterocycles. The molecule has 0 heterocycles. The molecule has 16 heavy (non-hydrogen) atoms. The first kappa shape index (κ1) is 12.7. The van der Waals surface area contributed by atoms with Gasteiger partial charge in [0.25, 0.3) is 0 Å². The van der Waals surface area contributed by atoms with Crippen LogP contribution in [-0.2, 0) is 4.74 Å². The van der Waals surface area contributed by atoms with E-state index in [9.17, 15) is 22.0 Å². The third kappa shape index (κ3) is 2.24. The SMILES string of the molecule is COCCOc1c(F)c(F)c(F)c(F)c1F. The quantitative estimate of drug-likeness (QED) is 0.349. The van der Waals surface area contributed by atoms with E-state index in [1.807, 2.05) is 0 Å². The van der Waals surface area contributed by atoms with Crippen LogP contribution in [0.5, 0.6) is 5.75 Å². The molecule has 0 fully saturated rings. The summed E-state index contributed by atoms with van der Waals surface area (Å²) in [6, 6.07) is 0. The van der Waals surface area contributed by atoms with Crippen LogP contribution >= 0.6 is 0 Å². The molecule has 90 valence electrons. The van der Waals surface area contributed by atoms with Gasteiger partial charge in [-0.1, -0.05) is 0 Å². The summed E-state index contributed by atoms with van der Waals surface area (Å²) >= 11 is 0. The molecular formula is C9H7F5O2. The van der Waals surface area contributed by atoms with Crippen molar-refractivity contribution in [1.82, 2.24) is 0 Å². The van der Waals surface area contributed by atoms with E-state index in [-0.39, 0.29) is 13.2 Å². The van der Waals surface area contributed by atoms with E-state index in [2.05, 4.69) is 9.47 Å². The van der Waals surface area contributed by atoms with Crippen LogP contribution in [0.3, 0.4) is 0 Å². The van der Waals surface area contributed by atoms with Gasteiger partial charge in [0.1, 0.15) is 6.61 Å². The van der Waals surface area contributed by atoms with Crippen molar-refractivity contribution in [2.24, 2.45) is 0 Å². The maximum Gasteiger partial charge on any atom is 0.206 e. The summed E-state index contributed by atoms with van der Waals surface area (Å²) < 4.78 is 72.6. The van der Waals surface area contributed by atoms with Crippen molar-refractivity contribution in [2.75, 3.05) is 20.3 Å². The number of rotatable bonds is 4. The fourth-order valence-corrected chi connectivity index (χ4v) is 0.939. The van der Waals surface area contributed by atoms with Gasteiger partial charge in [-0.3, -0.25) is 0 Å². The lowest BCUT2D eigenvalue weighted by Crippen LogP contribution is -2.10. The molecule has 0 aliphatic carbocycles. The van der Waals surface area contributed by atoms with Gasteiger partial charge in [0, 0.05) is 7.11 Å². The topological polar surface area (TPSA) is 18.5 Å². The molecule has 1 aromatic carbocycles. The first-order chi connectivity index (χ1) is 7.50. The predicted octanol–water partition coefficient (Wildman–Crippen LogP) is 2.41. The Hall–Kier alpha value is -1.37. The van der Waals surface area contributed by atoms with Gasteiger partial charge in [0.15, 0.2) is 5.75 Å². The van der Waals surface area contributed by atoms with Crippen molar-refractivity contribution in [3.8, 4) is 5.75 Å². The molecule has 0 atom stereocenters. The van der Waals surface area contributed by atoms with Gasteiger partial charge in [-0.25, -0.2) is 13.2 Å². The third-order valence-electron chi connectivity index (χ3n) is 1.70. The molecule has 0 amide bonds. The summed E-state index contributed by atoms with van der Waals surface area (Å²) in [4.78, 5) is 0. The zero-order chi connectivity index (χ0) is 12.3. The number of methoxy groups -OCH3 is 1. The van der Waals surface area contributed by atoms with Crippen molar-refractivity contribution in [3.05, 3.63) is 29.1 Å². The Labute approximate surface area is 87.6 Å². The molecule has 0 spiro atoms. The van der Waals surface area contributed by atoms with Crippen LogP contribution in [0.1, 0.15) is 0 Å². The minimum atomic E-state index is -2.21. The van der Waals surface area contributed by atoms with E-state index >= 15 is 0 Å². The standard InChI is InChI=1S/C9H7F5O2/c1-15-2-3-16-9-7(13)5(11)4(10)6(12)8(9)14/h2-3H2,1H3. The first-order valence-corrected chi connectivity index (χ1v) is 4.13. The smallest absolute Gasteiger partial charge is 0.206 e. The van der Waals surface area contributed by atoms with Gasteiger partial charge in [-0.05, 0) is 0 Å². The molecule has 1 rings (SSSR count). The lowest BCUT2D eigenvalue weighted by molar-refractivity contribution is 0.138. The molecule has 0 bridgehead atoms. The summed E-state index contributed by atoms with van der Waals surface area (Å²) in [5.74, 6) is -11.6. The Morgan fingerprint density at radius 3 is 1.62 bits per heavy atom. The monoisotopic (exact) mass is 242 g/mol. The fraction of sp³-hybridized carbons (Fsp3) is 0.333. The average molecular weight is 242 g/mol. The largest absolute Gasteiger partial charge is 0.485 e. The minimum absolute atomic E-state index is 0.0422. The van der Waals surface area contributed by atoms with Crippen molar-refractivity contribution < 1.29 is 31.4 Å². The third-order valence-corrected chi connectivity index (χ3v) is 1.70. The lowest BCUT2D eigenvalue weighted by Gasteiger charge is -2.09. The molecular weight excluding hydrogens is 235 g/mol. The zero-order valence-electron chi connectivity index (χ0n) is 8.12. The minimum Gasteiger partial charge on any atom is -0.485 e. The van der Waals surface area contributed by atoms with Gasteiger partial charge >= 0.3 is 0 Å². The zero-order valence-corrected chi connectivity index (χ0v) is 8.12. The normalized spacial score (nSPS) is 10.6. The molecule has 7 heteroatoms. The van der Waals surface area contributed by atoms with Crippen molar-refractivity contribution in [2.45, 2.75) is 0 Å². The number of hydrogen-bond acceptors (Lipinski definition) is 2. The second-order valence-electron chi connectivity index (χ2n) is 2.74. The highest BCUT2D eigenvalue weighted by atomic mass is 19.2. The Balaban J connectivity index is 3.08. The number of halogens is 5. The second-order valence-corrected chi connectivity index (χ2v) is 2.74. The van der Waals surface area contributed by atoms with Crippen LogP contribution in [-0.4, -0.2) is 20.3 Å². The summed E-state index contributed by atoms with van der Waals surface area (Å²) in [7, 11) is 1.29. The molecule has 1 aromatic rings. The van der Waals surface area contributed by atoms with Crippen molar-refractivity contribution >= 4 is 0 Å². The molecule has 0 saturated carbocycles. The molecule has 0 radical (unpaired) electrons. The predicted molar refractivity (Wildman–Crippen MR) is 43.6 cm³/mol. The van der Waals surface area contributed by atoms with E-state index in [1.54, 1.807) is 0 Å². The first-order valence-electron chi connectivity index (χ1n) is 4.13. The van der Waals surface area contributed by atoms with E-state index in [0.717, 1.165) is 0 Å². The molecule has 2 nitrogen and oxygen atoms in total. The maximum absolute atomic E-state index is 12.9. The Bertz CT molecular complexity index is 365. The van der Waals surface area contributed by atoms with Gasteiger partial charge < -0.3 is 9.47 Å². The van der Waals surface area contributed by atoms with Gasteiger partial charge in [-0.15, -0.1) is 0 Å². The van der Waals surface area contributed by atoms with E-state index in [4.69, 9.17) is 0 Å². The number of hydrogen-bond donors (Lipinski definition) is 0. The fourth-order valence-electron chi connectivity index (χ4n) is 0.939. The molecule has 0 aliphatic heterocycles. The molecule has 0 aliphatic rings. The average Bonchev–Trinajstić information content (AvgIpc) is 2.28. The molecule has 0 N–H and O–H groups in total. The highest BCUT2D eigenvalue weighted by Crippen LogP contribution is 2.28. The van der Waals surface area contributed by atoms with E-state index in [0.29, 0.717) is 0 Å². The summed E-state index contributed by atoms with van der Waals surface area (Å²) in [5.41, 5.74) is 0. The van der Waals surface area contributed by atoms with E-state index < -0.39 is 34.8 Å². The highest BCUT2D eigenvalue weighted by molar-refractivity contribution is 5.29. The van der Waals surface area contributed by atoms with Gasteiger partial charge in [0.05, 0.1) is 6.61 Å². The Morgan fingerprint density at radius 2 is 1.19 bits per heavy atom. The molecule has 0 aromatic heterocycles. The van der Waals surface area contributed by atoms with Crippen LogP contribution < -0.4 is 4.74 Å². The highest BCUT2D eigenvalue weighted by Gasteiger charge is 2.26. The van der Waals surface area contributed by atoms with Crippen LogP contribution in [0.25, 0.3) is 0 Å². The maximum atomic E-state index is 12.9. The van der Waals surface area contributed by atoms with E-state index in [1.165, 1.54) is 7.11 Å². The van der Waals surface area contributed by atoms with Crippen LogP contribution in [0, 0.1) is 29.1 Å². The lowest BCUT2D eigenvalue weighted by atomic mass is 10.2. The van der Waals surface area contributed by atoms with Gasteiger partial charge in [0.2, 0.25) is 29.1 Å². The second kappa shape index (κ2) is 5.11. The van der Waals surface area contributed by atoms with Crippen LogP contribution in [0.15, 0.2) is 0 Å². The van der Waals surface area contributed by atoms with Crippen molar-refractivity contribution in [1.29, 1.82) is 0 Å². The number of ether oxygens (including phenoxy) is 2. The number of benzene rings is 1. The van der Waals surface area contributed by atoms with Crippen LogP contribution in [0.4, 0.5) is 22.0 Å². The Morgan fingerprint density at radius 1 is 0.750 bits per heavy atom.